The second kappa shape index (κ2) is 7.11. The van der Waals surface area contributed by atoms with E-state index in [1.807, 2.05) is 6.07 Å². The van der Waals surface area contributed by atoms with Gasteiger partial charge in [-0.3, -0.25) is 9.59 Å². The van der Waals surface area contributed by atoms with Gasteiger partial charge < -0.3 is 9.15 Å². The lowest BCUT2D eigenvalue weighted by atomic mass is 10.3. The van der Waals surface area contributed by atoms with E-state index in [2.05, 4.69) is 0 Å². The molecule has 0 unspecified atom stereocenters. The zero-order valence-electron chi connectivity index (χ0n) is 9.10. The molecule has 1 aromatic rings. The average Bonchev–Trinajstić information content (AvgIpc) is 2.74. The topological polar surface area (TPSA) is 56.5 Å². The molecule has 0 spiro atoms. The van der Waals surface area contributed by atoms with E-state index in [0.29, 0.717) is 25.2 Å². The van der Waals surface area contributed by atoms with Crippen LogP contribution >= 0.6 is 11.8 Å². The second-order valence-corrected chi connectivity index (χ2v) is 4.22. The summed E-state index contributed by atoms with van der Waals surface area (Å²) < 4.78 is 9.82. The quantitative estimate of drug-likeness (QED) is 0.566. The molecular formula is C11H14O4S. The number of furan rings is 1. The summed E-state index contributed by atoms with van der Waals surface area (Å²) in [6, 6.07) is 3.63. The van der Waals surface area contributed by atoms with Crippen LogP contribution in [-0.4, -0.2) is 17.7 Å². The highest BCUT2D eigenvalue weighted by Gasteiger charge is 2.05. The maximum absolute atomic E-state index is 11.4. The Morgan fingerprint density at radius 3 is 2.94 bits per heavy atom. The Labute approximate surface area is 98.3 Å². The van der Waals surface area contributed by atoms with Crippen molar-refractivity contribution in [3.8, 4) is 0 Å². The molecular weight excluding hydrogens is 228 g/mol. The number of ether oxygens (including phenoxy) is 1. The third-order valence-corrected chi connectivity index (χ3v) is 2.74. The Balaban J connectivity index is 2.05. The molecule has 0 N–H and O–H groups in total. The fourth-order valence-corrected chi connectivity index (χ4v) is 1.81. The van der Waals surface area contributed by atoms with Crippen molar-refractivity contribution in [2.75, 3.05) is 6.61 Å². The first-order valence-corrected chi connectivity index (χ1v) is 5.98. The van der Waals surface area contributed by atoms with Crippen molar-refractivity contribution in [1.82, 2.24) is 0 Å². The van der Waals surface area contributed by atoms with Crippen LogP contribution in [0.1, 0.15) is 25.5 Å². The molecule has 0 saturated heterocycles. The molecule has 88 valence electrons. The van der Waals surface area contributed by atoms with Gasteiger partial charge in [-0.15, -0.1) is 0 Å². The lowest BCUT2D eigenvalue weighted by molar-refractivity contribution is -0.141. The van der Waals surface area contributed by atoms with Crippen LogP contribution in [0.2, 0.25) is 0 Å². The molecule has 0 aliphatic carbocycles. The van der Waals surface area contributed by atoms with E-state index in [9.17, 15) is 9.59 Å². The Hall–Kier alpha value is -1.23. The maximum Gasteiger partial charge on any atom is 0.302 e. The summed E-state index contributed by atoms with van der Waals surface area (Å²) in [4.78, 5) is 21.8. The van der Waals surface area contributed by atoms with Gasteiger partial charge in [0.25, 0.3) is 0 Å². The monoisotopic (exact) mass is 242 g/mol. The lowest BCUT2D eigenvalue weighted by Gasteiger charge is -2.00. The molecule has 0 radical (unpaired) electrons. The summed E-state index contributed by atoms with van der Waals surface area (Å²) in [5, 5.41) is 0.0866. The lowest BCUT2D eigenvalue weighted by Crippen LogP contribution is -2.02. The summed E-state index contributed by atoms with van der Waals surface area (Å²) in [5.74, 6) is 1.04. The predicted molar refractivity (Wildman–Crippen MR) is 60.9 cm³/mol. The van der Waals surface area contributed by atoms with Crippen molar-refractivity contribution in [1.29, 1.82) is 0 Å². The van der Waals surface area contributed by atoms with Crippen molar-refractivity contribution in [2.24, 2.45) is 0 Å². The Bertz CT molecular complexity index is 332. The zero-order chi connectivity index (χ0) is 11.8. The number of esters is 1. The van der Waals surface area contributed by atoms with Gasteiger partial charge in [-0.2, -0.15) is 0 Å². The van der Waals surface area contributed by atoms with Gasteiger partial charge >= 0.3 is 5.97 Å². The number of rotatable bonds is 6. The van der Waals surface area contributed by atoms with Crippen molar-refractivity contribution in [2.45, 2.75) is 25.5 Å². The number of thioether (sulfide) groups is 1. The van der Waals surface area contributed by atoms with Crippen molar-refractivity contribution in [3.63, 3.8) is 0 Å². The van der Waals surface area contributed by atoms with Crippen LogP contribution in [0.3, 0.4) is 0 Å². The average molecular weight is 242 g/mol. The van der Waals surface area contributed by atoms with Crippen molar-refractivity contribution in [3.05, 3.63) is 24.2 Å². The summed E-state index contributed by atoms with van der Waals surface area (Å²) in [5.41, 5.74) is 0. The third kappa shape index (κ3) is 5.60. The van der Waals surface area contributed by atoms with Gasteiger partial charge in [0, 0.05) is 13.3 Å². The highest BCUT2D eigenvalue weighted by molar-refractivity contribution is 8.12. The summed E-state index contributed by atoms with van der Waals surface area (Å²) >= 11 is 1.22. The minimum absolute atomic E-state index is 0.0866. The highest BCUT2D eigenvalue weighted by atomic mass is 32.2. The molecule has 0 aromatic carbocycles. The van der Waals surface area contributed by atoms with Gasteiger partial charge in [0.15, 0.2) is 5.12 Å². The van der Waals surface area contributed by atoms with Gasteiger partial charge in [0.2, 0.25) is 0 Å². The molecule has 0 aliphatic rings. The first-order chi connectivity index (χ1) is 7.68. The van der Waals surface area contributed by atoms with E-state index >= 15 is 0 Å². The molecule has 5 heteroatoms. The molecule has 0 saturated carbocycles. The zero-order valence-corrected chi connectivity index (χ0v) is 9.92. The Morgan fingerprint density at radius 2 is 2.31 bits per heavy atom. The Kier molecular flexibility index (Phi) is 5.71. The number of carbonyl (C=O) groups excluding carboxylic acids is 2. The summed E-state index contributed by atoms with van der Waals surface area (Å²) in [6.07, 6.45) is 2.57. The maximum atomic E-state index is 11.4. The molecule has 1 aromatic heterocycles. The van der Waals surface area contributed by atoms with Gasteiger partial charge in [-0.05, 0) is 18.6 Å². The van der Waals surface area contributed by atoms with Gasteiger partial charge in [-0.25, -0.2) is 0 Å². The van der Waals surface area contributed by atoms with E-state index in [1.165, 1.54) is 18.7 Å². The van der Waals surface area contributed by atoms with E-state index in [0.717, 1.165) is 5.76 Å². The summed E-state index contributed by atoms with van der Waals surface area (Å²) in [7, 11) is 0. The smallest absolute Gasteiger partial charge is 0.302 e. The standard InChI is InChI=1S/C11H14O4S/c1-9(12)14-6-3-5-11(13)16-8-10-4-2-7-15-10/h2,4,7H,3,5-6,8H2,1H3. The predicted octanol–water partition coefficient (Wildman–Crippen LogP) is 2.38. The SMILES string of the molecule is CC(=O)OCCCC(=O)SCc1ccco1. The number of carbonyl (C=O) groups is 2. The molecule has 1 heterocycles. The van der Waals surface area contributed by atoms with Gasteiger partial charge in [0.05, 0.1) is 18.6 Å². The molecule has 4 nitrogen and oxygen atoms in total. The minimum Gasteiger partial charge on any atom is -0.468 e. The van der Waals surface area contributed by atoms with E-state index in [1.54, 1.807) is 12.3 Å². The second-order valence-electron chi connectivity index (χ2n) is 3.18. The third-order valence-electron chi connectivity index (χ3n) is 1.79. The first-order valence-electron chi connectivity index (χ1n) is 5.00. The normalized spacial score (nSPS) is 10.1. The Morgan fingerprint density at radius 1 is 1.50 bits per heavy atom. The summed E-state index contributed by atoms with van der Waals surface area (Å²) in [6.45, 7) is 1.66. The van der Waals surface area contributed by atoms with Crippen molar-refractivity contribution >= 4 is 22.8 Å². The number of hydrogen-bond acceptors (Lipinski definition) is 5. The molecule has 0 bridgehead atoms. The van der Waals surface area contributed by atoms with E-state index in [4.69, 9.17) is 9.15 Å². The van der Waals surface area contributed by atoms with Crippen LogP contribution < -0.4 is 0 Å². The minimum atomic E-state index is -0.310. The van der Waals surface area contributed by atoms with Crippen LogP contribution in [0.25, 0.3) is 0 Å². The molecule has 0 fully saturated rings. The molecule has 16 heavy (non-hydrogen) atoms. The highest BCUT2D eigenvalue weighted by Crippen LogP contribution is 2.15. The van der Waals surface area contributed by atoms with E-state index < -0.39 is 0 Å². The van der Waals surface area contributed by atoms with Crippen LogP contribution in [0, 0.1) is 0 Å². The fraction of sp³-hybridized carbons (Fsp3) is 0.455. The van der Waals surface area contributed by atoms with Crippen LogP contribution in [0.15, 0.2) is 22.8 Å². The van der Waals surface area contributed by atoms with Crippen LogP contribution in [-0.2, 0) is 20.1 Å². The molecule has 0 amide bonds. The molecule has 0 aliphatic heterocycles. The molecule has 1 rings (SSSR count). The van der Waals surface area contributed by atoms with Gasteiger partial charge in [0.1, 0.15) is 5.76 Å². The largest absolute Gasteiger partial charge is 0.468 e. The first kappa shape index (κ1) is 12.8. The van der Waals surface area contributed by atoms with Crippen molar-refractivity contribution < 1.29 is 18.7 Å². The number of hydrogen-bond donors (Lipinski definition) is 0. The molecule has 0 atom stereocenters. The van der Waals surface area contributed by atoms with Gasteiger partial charge in [-0.1, -0.05) is 11.8 Å². The van der Waals surface area contributed by atoms with E-state index in [-0.39, 0.29) is 11.1 Å². The van der Waals surface area contributed by atoms with Crippen LogP contribution in [0.4, 0.5) is 0 Å². The fourth-order valence-electron chi connectivity index (χ4n) is 1.05. The van der Waals surface area contributed by atoms with Crippen LogP contribution in [0.5, 0.6) is 0 Å².